The lowest BCUT2D eigenvalue weighted by molar-refractivity contribution is 0.102. The van der Waals surface area contributed by atoms with Crippen LogP contribution in [0, 0.1) is 12.7 Å². The van der Waals surface area contributed by atoms with Gasteiger partial charge in [0.15, 0.2) is 0 Å². The fourth-order valence-corrected chi connectivity index (χ4v) is 2.76. The minimum atomic E-state index is -0.313. The van der Waals surface area contributed by atoms with E-state index >= 15 is 0 Å². The molecule has 0 spiro atoms. The molecule has 1 heterocycles. The van der Waals surface area contributed by atoms with Gasteiger partial charge in [-0.05, 0) is 48.9 Å². The van der Waals surface area contributed by atoms with Gasteiger partial charge >= 0.3 is 0 Å². The van der Waals surface area contributed by atoms with Gasteiger partial charge in [0, 0.05) is 11.1 Å². The Hall–Kier alpha value is -2.73. The van der Waals surface area contributed by atoms with E-state index in [1.807, 2.05) is 31.2 Å². The SMILES string of the molecule is Cc1cccc(NC(=O)c2csc(COc3ccc(F)cc3)n2)c1. The third kappa shape index (κ3) is 4.17. The van der Waals surface area contributed by atoms with E-state index in [0.717, 1.165) is 11.3 Å². The molecule has 24 heavy (non-hydrogen) atoms. The van der Waals surface area contributed by atoms with Crippen LogP contribution < -0.4 is 10.1 Å². The van der Waals surface area contributed by atoms with E-state index in [9.17, 15) is 9.18 Å². The van der Waals surface area contributed by atoms with Crippen LogP contribution in [0.1, 0.15) is 21.1 Å². The topological polar surface area (TPSA) is 51.2 Å². The second-order valence-corrected chi connectivity index (χ2v) is 6.14. The van der Waals surface area contributed by atoms with Crippen molar-refractivity contribution in [2.75, 3.05) is 5.32 Å². The van der Waals surface area contributed by atoms with Crippen LogP contribution in [0.15, 0.2) is 53.9 Å². The van der Waals surface area contributed by atoms with Crippen LogP contribution in [0.4, 0.5) is 10.1 Å². The number of ether oxygens (including phenoxy) is 1. The molecule has 1 N–H and O–H groups in total. The number of amides is 1. The lowest BCUT2D eigenvalue weighted by atomic mass is 10.2. The van der Waals surface area contributed by atoms with E-state index in [-0.39, 0.29) is 18.3 Å². The summed E-state index contributed by atoms with van der Waals surface area (Å²) in [4.78, 5) is 16.5. The molecule has 0 fully saturated rings. The number of benzene rings is 2. The molecule has 1 aromatic heterocycles. The van der Waals surface area contributed by atoms with E-state index in [4.69, 9.17) is 4.74 Å². The number of nitrogens with zero attached hydrogens (tertiary/aromatic N) is 1. The highest BCUT2D eigenvalue weighted by Gasteiger charge is 2.11. The molecule has 0 aliphatic carbocycles. The van der Waals surface area contributed by atoms with Crippen molar-refractivity contribution >= 4 is 22.9 Å². The van der Waals surface area contributed by atoms with E-state index in [1.165, 1.54) is 23.5 Å². The summed E-state index contributed by atoms with van der Waals surface area (Å²) in [7, 11) is 0. The maximum atomic E-state index is 12.8. The molecule has 1 amide bonds. The molecule has 0 aliphatic rings. The Morgan fingerprint density at radius 1 is 1.25 bits per heavy atom. The van der Waals surface area contributed by atoms with Gasteiger partial charge in [0.25, 0.3) is 5.91 Å². The summed E-state index contributed by atoms with van der Waals surface area (Å²) < 4.78 is 18.4. The Kier molecular flexibility index (Phi) is 4.86. The van der Waals surface area contributed by atoms with Crippen LogP contribution in [0.3, 0.4) is 0 Å². The third-order valence-electron chi connectivity index (χ3n) is 3.24. The minimum Gasteiger partial charge on any atom is -0.486 e. The number of halogens is 1. The average molecular weight is 342 g/mol. The number of anilines is 1. The van der Waals surface area contributed by atoms with Gasteiger partial charge in [0.1, 0.15) is 28.9 Å². The first-order chi connectivity index (χ1) is 11.6. The molecule has 3 rings (SSSR count). The number of carbonyl (C=O) groups is 1. The zero-order valence-corrected chi connectivity index (χ0v) is 13.8. The van der Waals surface area contributed by atoms with Crippen LogP contribution in [-0.4, -0.2) is 10.9 Å². The van der Waals surface area contributed by atoms with Crippen molar-refractivity contribution < 1.29 is 13.9 Å². The van der Waals surface area contributed by atoms with Gasteiger partial charge in [0.2, 0.25) is 0 Å². The molecule has 0 unspecified atom stereocenters. The summed E-state index contributed by atoms with van der Waals surface area (Å²) in [6.45, 7) is 2.19. The summed E-state index contributed by atoms with van der Waals surface area (Å²) in [6, 6.07) is 13.3. The summed E-state index contributed by atoms with van der Waals surface area (Å²) in [5.41, 5.74) is 2.15. The van der Waals surface area contributed by atoms with Crippen molar-refractivity contribution in [3.8, 4) is 5.75 Å². The molecule has 0 aliphatic heterocycles. The zero-order chi connectivity index (χ0) is 16.9. The lowest BCUT2D eigenvalue weighted by Crippen LogP contribution is -2.12. The number of carbonyl (C=O) groups excluding carboxylic acids is 1. The standard InChI is InChI=1S/C18H15FN2O2S/c1-12-3-2-4-14(9-12)20-18(22)16-11-24-17(21-16)10-23-15-7-5-13(19)6-8-15/h2-9,11H,10H2,1H3,(H,20,22). The molecule has 0 bridgehead atoms. The van der Waals surface area contributed by atoms with E-state index in [1.54, 1.807) is 17.5 Å². The molecule has 3 aromatic rings. The van der Waals surface area contributed by atoms with Gasteiger partial charge in [-0.1, -0.05) is 12.1 Å². The van der Waals surface area contributed by atoms with Crippen LogP contribution in [0.25, 0.3) is 0 Å². The molecule has 2 aromatic carbocycles. The quantitative estimate of drug-likeness (QED) is 0.747. The Labute approximate surface area is 142 Å². The monoisotopic (exact) mass is 342 g/mol. The lowest BCUT2D eigenvalue weighted by Gasteiger charge is -2.04. The molecule has 4 nitrogen and oxygen atoms in total. The number of hydrogen-bond acceptors (Lipinski definition) is 4. The maximum absolute atomic E-state index is 12.8. The summed E-state index contributed by atoms with van der Waals surface area (Å²) >= 11 is 1.34. The third-order valence-corrected chi connectivity index (χ3v) is 4.06. The molecule has 6 heteroatoms. The highest BCUT2D eigenvalue weighted by atomic mass is 32.1. The number of hydrogen-bond donors (Lipinski definition) is 1. The van der Waals surface area contributed by atoms with Gasteiger partial charge in [-0.2, -0.15) is 0 Å². The first-order valence-corrected chi connectivity index (χ1v) is 8.19. The van der Waals surface area contributed by atoms with Crippen molar-refractivity contribution in [3.05, 3.63) is 76.0 Å². The van der Waals surface area contributed by atoms with Crippen molar-refractivity contribution in [3.63, 3.8) is 0 Å². The molecular formula is C18H15FN2O2S. The fourth-order valence-electron chi connectivity index (χ4n) is 2.08. The molecular weight excluding hydrogens is 327 g/mol. The van der Waals surface area contributed by atoms with Crippen LogP contribution in [0.2, 0.25) is 0 Å². The van der Waals surface area contributed by atoms with Gasteiger partial charge in [-0.3, -0.25) is 4.79 Å². The average Bonchev–Trinajstić information content (AvgIpc) is 3.03. The Balaban J connectivity index is 1.60. The van der Waals surface area contributed by atoms with Crippen molar-refractivity contribution in [1.29, 1.82) is 0 Å². The van der Waals surface area contributed by atoms with Crippen molar-refractivity contribution in [1.82, 2.24) is 4.98 Å². The summed E-state index contributed by atoms with van der Waals surface area (Å²) in [5.74, 6) is -0.0195. The normalized spacial score (nSPS) is 10.4. The number of aryl methyl sites for hydroxylation is 1. The highest BCUT2D eigenvalue weighted by molar-refractivity contribution is 7.09. The number of nitrogens with one attached hydrogen (secondary N) is 1. The molecule has 0 radical (unpaired) electrons. The highest BCUT2D eigenvalue weighted by Crippen LogP contribution is 2.17. The molecule has 0 saturated carbocycles. The largest absolute Gasteiger partial charge is 0.486 e. The summed E-state index contributed by atoms with van der Waals surface area (Å²) in [6.07, 6.45) is 0. The van der Waals surface area contributed by atoms with Crippen LogP contribution in [-0.2, 0) is 6.61 Å². The van der Waals surface area contributed by atoms with Crippen molar-refractivity contribution in [2.45, 2.75) is 13.5 Å². The number of thiazole rings is 1. The van der Waals surface area contributed by atoms with Gasteiger partial charge < -0.3 is 10.1 Å². The van der Waals surface area contributed by atoms with Crippen molar-refractivity contribution in [2.24, 2.45) is 0 Å². The number of aromatic nitrogens is 1. The minimum absolute atomic E-state index is 0.230. The number of rotatable bonds is 5. The molecule has 0 saturated heterocycles. The predicted molar refractivity (Wildman–Crippen MR) is 92.0 cm³/mol. The van der Waals surface area contributed by atoms with Crippen LogP contribution >= 0.6 is 11.3 Å². The summed E-state index contributed by atoms with van der Waals surface area (Å²) in [5, 5.41) is 5.18. The zero-order valence-electron chi connectivity index (χ0n) is 13.0. The van der Waals surface area contributed by atoms with Gasteiger partial charge in [-0.25, -0.2) is 9.37 Å². The maximum Gasteiger partial charge on any atom is 0.275 e. The molecule has 122 valence electrons. The first kappa shape index (κ1) is 16.1. The fraction of sp³-hybridized carbons (Fsp3) is 0.111. The van der Waals surface area contributed by atoms with Crippen LogP contribution in [0.5, 0.6) is 5.75 Å². The second kappa shape index (κ2) is 7.23. The second-order valence-electron chi connectivity index (χ2n) is 5.19. The van der Waals surface area contributed by atoms with Gasteiger partial charge in [-0.15, -0.1) is 11.3 Å². The van der Waals surface area contributed by atoms with Gasteiger partial charge in [0.05, 0.1) is 0 Å². The van der Waals surface area contributed by atoms with E-state index in [2.05, 4.69) is 10.3 Å². The Morgan fingerprint density at radius 2 is 2.04 bits per heavy atom. The van der Waals surface area contributed by atoms with E-state index < -0.39 is 0 Å². The Bertz CT molecular complexity index is 846. The van der Waals surface area contributed by atoms with E-state index in [0.29, 0.717) is 16.5 Å². The Morgan fingerprint density at radius 3 is 2.79 bits per heavy atom. The predicted octanol–water partition coefficient (Wildman–Crippen LogP) is 4.42. The smallest absolute Gasteiger partial charge is 0.275 e. The first-order valence-electron chi connectivity index (χ1n) is 7.31. The molecule has 0 atom stereocenters.